The zero-order chi connectivity index (χ0) is 21.1. The van der Waals surface area contributed by atoms with Crippen LogP contribution < -0.4 is 21.1 Å². The van der Waals surface area contributed by atoms with E-state index in [1.54, 1.807) is 0 Å². The number of carbonyl (C=O) groups excluding carboxylic acids is 2. The zero-order valence-electron chi connectivity index (χ0n) is 16.6. The first-order valence-electron chi connectivity index (χ1n) is 9.79. The van der Waals surface area contributed by atoms with Gasteiger partial charge in [0.1, 0.15) is 11.5 Å². The lowest BCUT2D eigenvalue weighted by atomic mass is 9.93. The minimum absolute atomic E-state index is 0.0650. The van der Waals surface area contributed by atoms with E-state index in [-0.39, 0.29) is 18.4 Å². The van der Waals surface area contributed by atoms with Crippen LogP contribution in [0.4, 0.5) is 4.79 Å². The average molecular weight is 401 g/mol. The van der Waals surface area contributed by atoms with Gasteiger partial charge >= 0.3 is 6.03 Å². The predicted octanol–water partition coefficient (Wildman–Crippen LogP) is 4.11. The largest absolute Gasteiger partial charge is 0.457 e. The molecule has 1 aliphatic heterocycles. The molecule has 0 spiro atoms. The Morgan fingerprint density at radius 2 is 1.50 bits per heavy atom. The third-order valence-corrected chi connectivity index (χ3v) is 5.26. The number of primary amides is 1. The summed E-state index contributed by atoms with van der Waals surface area (Å²) >= 11 is 0. The van der Waals surface area contributed by atoms with Crippen molar-refractivity contribution in [1.82, 2.24) is 10.6 Å². The number of fused-ring (bicyclic) bond motifs is 2. The second-order valence-electron chi connectivity index (χ2n) is 7.30. The van der Waals surface area contributed by atoms with Crippen LogP contribution in [0.25, 0.3) is 0 Å². The van der Waals surface area contributed by atoms with E-state index in [0.717, 1.165) is 22.3 Å². The van der Waals surface area contributed by atoms with Crippen molar-refractivity contribution < 1.29 is 14.3 Å². The van der Waals surface area contributed by atoms with Crippen molar-refractivity contribution in [3.63, 3.8) is 0 Å². The number of rotatable bonds is 5. The summed E-state index contributed by atoms with van der Waals surface area (Å²) in [6.45, 7) is 1.94. The molecule has 3 aromatic carbocycles. The Bertz CT molecular complexity index is 1050. The highest BCUT2D eigenvalue weighted by molar-refractivity contribution is 5.80. The molecule has 1 aliphatic rings. The summed E-state index contributed by atoms with van der Waals surface area (Å²) in [5.74, 6) is 1.23. The number of urea groups is 1. The van der Waals surface area contributed by atoms with Crippen molar-refractivity contribution in [3.8, 4) is 11.5 Å². The molecular formula is C24H23N3O3. The number of amides is 3. The fourth-order valence-electron chi connectivity index (χ4n) is 3.86. The van der Waals surface area contributed by atoms with Crippen LogP contribution in [0.5, 0.6) is 11.5 Å². The van der Waals surface area contributed by atoms with Crippen molar-refractivity contribution in [3.05, 3.63) is 95.1 Å². The Balaban J connectivity index is 1.60. The van der Waals surface area contributed by atoms with Crippen molar-refractivity contribution in [2.75, 3.05) is 0 Å². The average Bonchev–Trinajstić information content (AvgIpc) is 2.73. The molecule has 1 heterocycles. The van der Waals surface area contributed by atoms with E-state index in [1.165, 1.54) is 0 Å². The molecule has 0 radical (unpaired) electrons. The highest BCUT2D eigenvalue weighted by atomic mass is 16.5. The molecule has 4 N–H and O–H groups in total. The van der Waals surface area contributed by atoms with E-state index in [9.17, 15) is 9.59 Å². The van der Waals surface area contributed by atoms with Crippen LogP contribution in [0, 0.1) is 6.92 Å². The van der Waals surface area contributed by atoms with Gasteiger partial charge in [-0.25, -0.2) is 4.79 Å². The number of hydrogen-bond acceptors (Lipinski definition) is 3. The number of benzene rings is 3. The van der Waals surface area contributed by atoms with Gasteiger partial charge in [0.25, 0.3) is 0 Å². The van der Waals surface area contributed by atoms with E-state index in [0.29, 0.717) is 11.5 Å². The SMILES string of the molecule is Cc1ccccc1C(CC(=O)NC1c2ccccc2Oc2ccccc21)NC(N)=O. The number of ether oxygens (including phenoxy) is 1. The summed E-state index contributed by atoms with van der Waals surface area (Å²) in [6, 6.07) is 21.4. The van der Waals surface area contributed by atoms with Crippen molar-refractivity contribution in [2.45, 2.75) is 25.4 Å². The van der Waals surface area contributed by atoms with Gasteiger partial charge in [-0.15, -0.1) is 0 Å². The molecule has 1 atom stereocenters. The molecule has 3 aromatic rings. The Kier molecular flexibility index (Phi) is 5.39. The Morgan fingerprint density at radius 3 is 2.10 bits per heavy atom. The van der Waals surface area contributed by atoms with Crippen LogP contribution >= 0.6 is 0 Å². The molecule has 0 fully saturated rings. The van der Waals surface area contributed by atoms with Gasteiger partial charge in [0.05, 0.1) is 18.5 Å². The lowest BCUT2D eigenvalue weighted by Crippen LogP contribution is -2.38. The molecule has 1 unspecified atom stereocenters. The molecule has 0 bridgehead atoms. The van der Waals surface area contributed by atoms with Gasteiger partial charge in [-0.1, -0.05) is 60.7 Å². The minimum atomic E-state index is -0.669. The van der Waals surface area contributed by atoms with Gasteiger partial charge < -0.3 is 21.1 Å². The number of carbonyl (C=O) groups is 2. The van der Waals surface area contributed by atoms with Gasteiger partial charge in [0, 0.05) is 11.1 Å². The predicted molar refractivity (Wildman–Crippen MR) is 114 cm³/mol. The molecular weight excluding hydrogens is 378 g/mol. The van der Waals surface area contributed by atoms with Crippen molar-refractivity contribution >= 4 is 11.9 Å². The second kappa shape index (κ2) is 8.29. The topological polar surface area (TPSA) is 93.4 Å². The van der Waals surface area contributed by atoms with Crippen LogP contribution in [0.2, 0.25) is 0 Å². The summed E-state index contributed by atoms with van der Waals surface area (Å²) in [4.78, 5) is 24.6. The lowest BCUT2D eigenvalue weighted by Gasteiger charge is -2.29. The fourth-order valence-corrected chi connectivity index (χ4v) is 3.86. The minimum Gasteiger partial charge on any atom is -0.457 e. The summed E-state index contributed by atoms with van der Waals surface area (Å²) in [7, 11) is 0. The smallest absolute Gasteiger partial charge is 0.312 e. The maximum Gasteiger partial charge on any atom is 0.312 e. The van der Waals surface area contributed by atoms with E-state index in [4.69, 9.17) is 10.5 Å². The van der Waals surface area contributed by atoms with Gasteiger partial charge in [-0.2, -0.15) is 0 Å². The third-order valence-electron chi connectivity index (χ3n) is 5.26. The number of nitrogens with two attached hydrogens (primary N) is 1. The van der Waals surface area contributed by atoms with Crippen LogP contribution in [0.15, 0.2) is 72.8 Å². The Hall–Kier alpha value is -3.80. The molecule has 152 valence electrons. The van der Waals surface area contributed by atoms with E-state index >= 15 is 0 Å². The maximum absolute atomic E-state index is 13.1. The van der Waals surface area contributed by atoms with Crippen LogP contribution in [-0.4, -0.2) is 11.9 Å². The molecule has 6 heteroatoms. The second-order valence-corrected chi connectivity index (χ2v) is 7.30. The molecule has 30 heavy (non-hydrogen) atoms. The van der Waals surface area contributed by atoms with E-state index in [1.807, 2.05) is 79.7 Å². The monoisotopic (exact) mass is 401 g/mol. The van der Waals surface area contributed by atoms with E-state index < -0.39 is 12.1 Å². The summed E-state index contributed by atoms with van der Waals surface area (Å²) in [6.07, 6.45) is 0.0650. The number of aryl methyl sites for hydroxylation is 1. The highest BCUT2D eigenvalue weighted by Gasteiger charge is 2.29. The summed E-state index contributed by atoms with van der Waals surface area (Å²) < 4.78 is 5.98. The molecule has 0 aromatic heterocycles. The van der Waals surface area contributed by atoms with Crippen LogP contribution in [0.3, 0.4) is 0 Å². The van der Waals surface area contributed by atoms with Crippen molar-refractivity contribution in [2.24, 2.45) is 5.73 Å². The fraction of sp³-hybridized carbons (Fsp3) is 0.167. The number of hydrogen-bond donors (Lipinski definition) is 3. The molecule has 0 saturated carbocycles. The van der Waals surface area contributed by atoms with Crippen molar-refractivity contribution in [1.29, 1.82) is 0 Å². The normalized spacial score (nSPS) is 13.4. The van der Waals surface area contributed by atoms with Gasteiger partial charge in [0.2, 0.25) is 5.91 Å². The van der Waals surface area contributed by atoms with Crippen LogP contribution in [-0.2, 0) is 4.79 Å². The van der Waals surface area contributed by atoms with Gasteiger partial charge in [-0.05, 0) is 30.2 Å². The molecule has 0 aliphatic carbocycles. The quantitative estimate of drug-likeness (QED) is 0.601. The standard InChI is InChI=1S/C24H23N3O3/c1-15-8-2-3-9-16(15)19(26-24(25)29)14-22(28)27-23-17-10-4-6-12-20(17)30-21-13-7-5-11-18(21)23/h2-13,19,23H,14H2,1H3,(H,27,28)(H3,25,26,29). The lowest BCUT2D eigenvalue weighted by molar-refractivity contribution is -0.122. The van der Waals surface area contributed by atoms with Gasteiger partial charge in [0.15, 0.2) is 0 Å². The summed E-state index contributed by atoms with van der Waals surface area (Å²) in [5, 5.41) is 5.81. The molecule has 0 saturated heterocycles. The van der Waals surface area contributed by atoms with Gasteiger partial charge in [-0.3, -0.25) is 4.79 Å². The first kappa shape index (κ1) is 19.5. The first-order chi connectivity index (χ1) is 14.5. The highest BCUT2D eigenvalue weighted by Crippen LogP contribution is 2.42. The zero-order valence-corrected chi connectivity index (χ0v) is 16.6. The Morgan fingerprint density at radius 1 is 0.933 bits per heavy atom. The third kappa shape index (κ3) is 3.98. The number of para-hydroxylation sites is 2. The molecule has 6 nitrogen and oxygen atoms in total. The Labute approximate surface area is 175 Å². The summed E-state index contributed by atoms with van der Waals surface area (Å²) in [5.41, 5.74) is 8.98. The van der Waals surface area contributed by atoms with Crippen LogP contribution in [0.1, 0.15) is 40.8 Å². The maximum atomic E-state index is 13.1. The molecule has 3 amide bonds. The molecule has 4 rings (SSSR count). The number of nitrogens with one attached hydrogen (secondary N) is 2. The van der Waals surface area contributed by atoms with E-state index in [2.05, 4.69) is 10.6 Å². The first-order valence-corrected chi connectivity index (χ1v) is 9.79.